The van der Waals surface area contributed by atoms with Crippen molar-refractivity contribution in [2.45, 2.75) is 45.6 Å². The Bertz CT molecular complexity index is 468. The first-order chi connectivity index (χ1) is 11.7. The van der Waals surface area contributed by atoms with E-state index in [4.69, 9.17) is 13.6 Å². The zero-order valence-corrected chi connectivity index (χ0v) is 16.0. The fourth-order valence-electron chi connectivity index (χ4n) is 2.39. The molecule has 1 unspecified atom stereocenters. The summed E-state index contributed by atoms with van der Waals surface area (Å²) in [6, 6.07) is 11.2. The number of esters is 1. The molecule has 0 aliphatic rings. The minimum Gasteiger partial charge on any atom is -0.462 e. The molecule has 0 radical (unpaired) electrons. The molecule has 0 saturated heterocycles. The molecule has 24 heavy (non-hydrogen) atoms. The summed E-state index contributed by atoms with van der Waals surface area (Å²) in [5.74, 6) is -0.394. The highest BCUT2D eigenvalue weighted by Gasteiger charge is 2.39. The highest BCUT2D eigenvalue weighted by Crippen LogP contribution is 2.19. The third-order valence-corrected chi connectivity index (χ3v) is 7.21. The van der Waals surface area contributed by atoms with Crippen molar-refractivity contribution in [3.8, 4) is 0 Å². The summed E-state index contributed by atoms with van der Waals surface area (Å²) in [6.45, 7) is 9.25. The van der Waals surface area contributed by atoms with Crippen molar-refractivity contribution in [3.63, 3.8) is 0 Å². The molecule has 0 aliphatic carbocycles. The van der Waals surface area contributed by atoms with Gasteiger partial charge >= 0.3 is 14.5 Å². The Morgan fingerprint density at radius 1 is 1.04 bits per heavy atom. The molecule has 0 fully saturated rings. The van der Waals surface area contributed by atoms with Crippen LogP contribution in [0.25, 0.3) is 0 Å². The van der Waals surface area contributed by atoms with Gasteiger partial charge < -0.3 is 13.6 Å². The second kappa shape index (κ2) is 12.0. The summed E-state index contributed by atoms with van der Waals surface area (Å²) >= 11 is 0. The summed E-state index contributed by atoms with van der Waals surface area (Å²) in [6.07, 6.45) is 4.99. The van der Waals surface area contributed by atoms with E-state index in [-0.39, 0.29) is 0 Å². The molecule has 0 aromatic heterocycles. The van der Waals surface area contributed by atoms with Crippen molar-refractivity contribution in [2.75, 3.05) is 19.8 Å². The average Bonchev–Trinajstić information content (AvgIpc) is 2.63. The number of rotatable bonds is 13. The maximum atomic E-state index is 11.1. The quantitative estimate of drug-likeness (QED) is 0.235. The largest absolute Gasteiger partial charge is 0.462 e. The second-order valence-corrected chi connectivity index (χ2v) is 8.81. The van der Waals surface area contributed by atoms with Crippen LogP contribution in [0.1, 0.15) is 39.5 Å². The zero-order valence-electron chi connectivity index (χ0n) is 15.0. The molecular weight excluding hydrogens is 320 g/mol. The summed E-state index contributed by atoms with van der Waals surface area (Å²) in [7, 11) is -2.46. The van der Waals surface area contributed by atoms with Crippen molar-refractivity contribution in [2.24, 2.45) is 0 Å². The fourth-order valence-corrected chi connectivity index (χ4v) is 5.91. The van der Waals surface area contributed by atoms with Crippen LogP contribution in [0.4, 0.5) is 0 Å². The standard InChI is InChI=1S/C19H30O4Si/c1-4-7-17-24(22-14-5-2,18-12-9-8-10-13-18)23-16-11-15-21-19(20)6-3/h6,8-10,12-13H,3-5,7,11,14-17H2,1-2H3. The van der Waals surface area contributed by atoms with Crippen molar-refractivity contribution in [3.05, 3.63) is 43.0 Å². The molecule has 0 spiro atoms. The first-order valence-corrected chi connectivity index (χ1v) is 10.8. The predicted molar refractivity (Wildman–Crippen MR) is 99.5 cm³/mol. The number of ether oxygens (including phenoxy) is 1. The minimum absolute atomic E-state index is 0.339. The molecular formula is C19H30O4Si. The summed E-state index contributed by atoms with van der Waals surface area (Å²) in [5, 5.41) is 1.18. The highest BCUT2D eigenvalue weighted by atomic mass is 28.4. The van der Waals surface area contributed by atoms with Gasteiger partial charge in [-0.15, -0.1) is 0 Å². The van der Waals surface area contributed by atoms with E-state index in [0.717, 1.165) is 25.3 Å². The molecule has 5 heteroatoms. The van der Waals surface area contributed by atoms with E-state index in [2.05, 4.69) is 32.6 Å². The van der Waals surface area contributed by atoms with E-state index in [1.54, 1.807) is 0 Å². The lowest BCUT2D eigenvalue weighted by Gasteiger charge is -2.31. The number of carbonyl (C=O) groups excluding carboxylic acids is 1. The molecule has 1 atom stereocenters. The van der Waals surface area contributed by atoms with Crippen LogP contribution in [0.2, 0.25) is 6.04 Å². The van der Waals surface area contributed by atoms with Crippen LogP contribution >= 0.6 is 0 Å². The number of carbonyl (C=O) groups is 1. The zero-order chi connectivity index (χ0) is 17.7. The third-order valence-electron chi connectivity index (χ3n) is 3.65. The van der Waals surface area contributed by atoms with Crippen LogP contribution in [0.3, 0.4) is 0 Å². The van der Waals surface area contributed by atoms with Crippen LogP contribution in [0, 0.1) is 0 Å². The van der Waals surface area contributed by atoms with Gasteiger partial charge in [0, 0.05) is 25.7 Å². The summed E-state index contributed by atoms with van der Waals surface area (Å²) in [5.41, 5.74) is 0. The van der Waals surface area contributed by atoms with Crippen LogP contribution in [0.5, 0.6) is 0 Å². The first-order valence-electron chi connectivity index (χ1n) is 8.81. The van der Waals surface area contributed by atoms with Crippen molar-refractivity contribution >= 4 is 19.7 Å². The molecule has 1 aromatic rings. The Morgan fingerprint density at radius 3 is 2.38 bits per heavy atom. The van der Waals surface area contributed by atoms with E-state index in [9.17, 15) is 4.79 Å². The molecule has 0 saturated carbocycles. The monoisotopic (exact) mass is 350 g/mol. The van der Waals surface area contributed by atoms with Crippen molar-refractivity contribution < 1.29 is 18.4 Å². The molecule has 0 aliphatic heterocycles. The van der Waals surface area contributed by atoms with Crippen molar-refractivity contribution in [1.82, 2.24) is 0 Å². The van der Waals surface area contributed by atoms with Gasteiger partial charge in [-0.1, -0.05) is 63.6 Å². The predicted octanol–water partition coefficient (Wildman–Crippen LogP) is 3.70. The topological polar surface area (TPSA) is 44.8 Å². The molecule has 0 heterocycles. The molecule has 134 valence electrons. The van der Waals surface area contributed by atoms with Crippen LogP contribution in [0.15, 0.2) is 43.0 Å². The maximum Gasteiger partial charge on any atom is 0.372 e. The second-order valence-electron chi connectivity index (χ2n) is 5.64. The lowest BCUT2D eigenvalue weighted by atomic mass is 10.4. The van der Waals surface area contributed by atoms with Gasteiger partial charge in [0.1, 0.15) is 0 Å². The van der Waals surface area contributed by atoms with Gasteiger partial charge in [0.15, 0.2) is 0 Å². The number of hydrogen-bond acceptors (Lipinski definition) is 4. The smallest absolute Gasteiger partial charge is 0.372 e. The SMILES string of the molecule is C=CC(=O)OCCCO[Si](CCCC)(OCCC)c1ccccc1. The molecule has 0 N–H and O–H groups in total. The minimum atomic E-state index is -2.46. The van der Waals surface area contributed by atoms with Crippen LogP contribution < -0.4 is 5.19 Å². The van der Waals surface area contributed by atoms with Gasteiger partial charge in [0.05, 0.1) is 6.61 Å². The highest BCUT2D eigenvalue weighted by molar-refractivity contribution is 6.81. The van der Waals surface area contributed by atoms with Crippen LogP contribution in [-0.4, -0.2) is 34.4 Å². The Balaban J connectivity index is 2.74. The van der Waals surface area contributed by atoms with Crippen LogP contribution in [-0.2, 0) is 18.4 Å². The van der Waals surface area contributed by atoms with Gasteiger partial charge in [-0.05, 0) is 17.7 Å². The lowest BCUT2D eigenvalue weighted by Crippen LogP contribution is -2.54. The van der Waals surface area contributed by atoms with Gasteiger partial charge in [0.2, 0.25) is 0 Å². The molecule has 1 rings (SSSR count). The van der Waals surface area contributed by atoms with Gasteiger partial charge in [0.25, 0.3) is 0 Å². The number of unbranched alkanes of at least 4 members (excludes halogenated alkanes) is 1. The third kappa shape index (κ3) is 6.99. The van der Waals surface area contributed by atoms with E-state index < -0.39 is 14.5 Å². The fraction of sp³-hybridized carbons (Fsp3) is 0.526. The average molecular weight is 351 g/mol. The summed E-state index contributed by atoms with van der Waals surface area (Å²) in [4.78, 5) is 11.1. The Kier molecular flexibility index (Phi) is 10.3. The maximum absolute atomic E-state index is 11.1. The normalized spacial score (nSPS) is 13.2. The lowest BCUT2D eigenvalue weighted by molar-refractivity contribution is -0.137. The number of hydrogen-bond donors (Lipinski definition) is 0. The van der Waals surface area contributed by atoms with Gasteiger partial charge in [-0.3, -0.25) is 0 Å². The Labute approximate surface area is 147 Å². The molecule has 1 aromatic carbocycles. The van der Waals surface area contributed by atoms with Gasteiger partial charge in [-0.2, -0.15) is 0 Å². The van der Waals surface area contributed by atoms with E-state index >= 15 is 0 Å². The Hall–Kier alpha value is -1.43. The molecule has 0 amide bonds. The van der Waals surface area contributed by atoms with Crippen molar-refractivity contribution in [1.29, 1.82) is 0 Å². The summed E-state index contributed by atoms with van der Waals surface area (Å²) < 4.78 is 17.7. The van der Waals surface area contributed by atoms with E-state index in [1.165, 1.54) is 11.3 Å². The Morgan fingerprint density at radius 2 is 1.75 bits per heavy atom. The van der Waals surface area contributed by atoms with E-state index in [0.29, 0.717) is 26.2 Å². The first kappa shape index (κ1) is 20.6. The molecule has 0 bridgehead atoms. The number of benzene rings is 1. The molecule has 4 nitrogen and oxygen atoms in total. The van der Waals surface area contributed by atoms with Gasteiger partial charge in [-0.25, -0.2) is 4.79 Å². The van der Waals surface area contributed by atoms with E-state index in [1.807, 2.05) is 18.2 Å².